The minimum absolute atomic E-state index is 0.161. The number of rotatable bonds is 8. The summed E-state index contributed by atoms with van der Waals surface area (Å²) in [5.41, 5.74) is 1.84. The van der Waals surface area contributed by atoms with Crippen molar-refractivity contribution in [3.8, 4) is 5.75 Å². The van der Waals surface area contributed by atoms with Crippen molar-refractivity contribution in [1.29, 1.82) is 0 Å². The van der Waals surface area contributed by atoms with Gasteiger partial charge in [0.25, 0.3) is 0 Å². The molecule has 0 N–H and O–H groups in total. The number of ether oxygens (including phenoxy) is 2. The average Bonchev–Trinajstić information content (AvgIpc) is 2.73. The molecule has 0 radical (unpaired) electrons. The van der Waals surface area contributed by atoms with Crippen LogP contribution in [0.4, 0.5) is 0 Å². The van der Waals surface area contributed by atoms with E-state index in [4.69, 9.17) is 9.47 Å². The SMILES string of the molecule is C=C(/C=C\C(=C/C)OC)/C=C(\c1cccc(OC)c1C)S(=O)(=O)c1ccccc1. The van der Waals surface area contributed by atoms with Gasteiger partial charge in [-0.15, -0.1) is 0 Å². The maximum Gasteiger partial charge on any atom is 0.207 e. The van der Waals surface area contributed by atoms with Crippen LogP contribution in [0.5, 0.6) is 5.75 Å². The van der Waals surface area contributed by atoms with Crippen molar-refractivity contribution in [3.63, 3.8) is 0 Å². The summed E-state index contributed by atoms with van der Waals surface area (Å²) in [4.78, 5) is 0.380. The lowest BCUT2D eigenvalue weighted by atomic mass is 10.1. The van der Waals surface area contributed by atoms with Crippen LogP contribution in [0.3, 0.4) is 0 Å². The standard InChI is InChI=1S/C24H26O4S/c1-6-20(27-4)16-15-18(2)17-24(22-13-10-14-23(28-5)19(22)3)29(25,26)21-11-8-7-9-12-21/h6-17H,2H2,1,3-5H3/b16-15-,20-6+,24-17+. The maximum absolute atomic E-state index is 13.5. The lowest BCUT2D eigenvalue weighted by molar-refractivity contribution is 0.306. The third kappa shape index (κ3) is 5.27. The van der Waals surface area contributed by atoms with Gasteiger partial charge in [0.15, 0.2) is 0 Å². The van der Waals surface area contributed by atoms with Crippen LogP contribution in [-0.2, 0) is 14.6 Å². The van der Waals surface area contributed by atoms with E-state index in [9.17, 15) is 8.42 Å². The van der Waals surface area contributed by atoms with E-state index in [0.717, 1.165) is 5.56 Å². The second-order valence-corrected chi connectivity index (χ2v) is 8.18. The first-order valence-corrected chi connectivity index (χ1v) is 10.6. The van der Waals surface area contributed by atoms with Crippen LogP contribution in [-0.4, -0.2) is 22.6 Å². The van der Waals surface area contributed by atoms with Crippen molar-refractivity contribution >= 4 is 14.7 Å². The van der Waals surface area contributed by atoms with E-state index in [-0.39, 0.29) is 9.80 Å². The Labute approximate surface area is 173 Å². The van der Waals surface area contributed by atoms with Gasteiger partial charge in [0.2, 0.25) is 9.84 Å². The molecule has 0 saturated heterocycles. The van der Waals surface area contributed by atoms with Crippen molar-refractivity contribution in [2.24, 2.45) is 0 Å². The van der Waals surface area contributed by atoms with Gasteiger partial charge in [-0.3, -0.25) is 0 Å². The third-order valence-corrected chi connectivity index (χ3v) is 6.22. The zero-order valence-corrected chi connectivity index (χ0v) is 18.0. The molecule has 5 heteroatoms. The van der Waals surface area contributed by atoms with Crippen molar-refractivity contribution in [2.45, 2.75) is 18.7 Å². The summed E-state index contributed by atoms with van der Waals surface area (Å²) in [7, 11) is -0.647. The highest BCUT2D eigenvalue weighted by Crippen LogP contribution is 2.34. The Balaban J connectivity index is 2.66. The number of hydrogen-bond donors (Lipinski definition) is 0. The van der Waals surface area contributed by atoms with Crippen molar-refractivity contribution in [1.82, 2.24) is 0 Å². The molecule has 2 rings (SSSR count). The van der Waals surface area contributed by atoms with Gasteiger partial charge in [-0.2, -0.15) is 0 Å². The maximum atomic E-state index is 13.5. The van der Waals surface area contributed by atoms with Gasteiger partial charge >= 0.3 is 0 Å². The van der Waals surface area contributed by atoms with E-state index < -0.39 is 9.84 Å². The third-order valence-electron chi connectivity index (χ3n) is 4.41. The second kappa shape index (κ2) is 9.94. The molecule has 0 aromatic heterocycles. The summed E-state index contributed by atoms with van der Waals surface area (Å²) in [5.74, 6) is 1.28. The van der Waals surface area contributed by atoms with Crippen molar-refractivity contribution < 1.29 is 17.9 Å². The van der Waals surface area contributed by atoms with Gasteiger partial charge in [-0.1, -0.05) is 43.0 Å². The Morgan fingerprint density at radius 3 is 2.28 bits per heavy atom. The molecule has 0 unspecified atom stereocenters. The number of methoxy groups -OCH3 is 2. The van der Waals surface area contributed by atoms with E-state index >= 15 is 0 Å². The van der Waals surface area contributed by atoms with Crippen LogP contribution in [0.15, 0.2) is 95.6 Å². The Morgan fingerprint density at radius 2 is 1.69 bits per heavy atom. The van der Waals surface area contributed by atoms with Gasteiger partial charge < -0.3 is 9.47 Å². The lowest BCUT2D eigenvalue weighted by Gasteiger charge is -2.15. The second-order valence-electron chi connectivity index (χ2n) is 6.26. The van der Waals surface area contributed by atoms with Gasteiger partial charge in [-0.05, 0) is 61.4 Å². The van der Waals surface area contributed by atoms with E-state index in [1.165, 1.54) is 0 Å². The average molecular weight is 411 g/mol. The van der Waals surface area contributed by atoms with Crippen LogP contribution in [0.25, 0.3) is 4.91 Å². The van der Waals surface area contributed by atoms with Gasteiger partial charge in [0.05, 0.1) is 24.0 Å². The molecule has 0 atom stereocenters. The van der Waals surface area contributed by atoms with Crippen LogP contribution in [0.2, 0.25) is 0 Å². The summed E-state index contributed by atoms with van der Waals surface area (Å²) in [6.07, 6.45) is 6.84. The molecule has 0 aliphatic rings. The molecular weight excluding hydrogens is 384 g/mol. The number of sulfone groups is 1. The van der Waals surface area contributed by atoms with Gasteiger partial charge in [-0.25, -0.2) is 8.42 Å². The minimum atomic E-state index is -3.78. The highest BCUT2D eigenvalue weighted by molar-refractivity contribution is 8.00. The molecule has 0 saturated carbocycles. The highest BCUT2D eigenvalue weighted by atomic mass is 32.2. The molecule has 0 aliphatic carbocycles. The molecule has 0 bridgehead atoms. The fourth-order valence-electron chi connectivity index (χ4n) is 2.82. The fourth-order valence-corrected chi connectivity index (χ4v) is 4.40. The Hall–Kier alpha value is -3.05. The topological polar surface area (TPSA) is 52.6 Å². The molecule has 4 nitrogen and oxygen atoms in total. The summed E-state index contributed by atoms with van der Waals surface area (Å²) in [6, 6.07) is 13.7. The molecule has 152 valence electrons. The Kier molecular flexibility index (Phi) is 7.62. The van der Waals surface area contributed by atoms with Crippen LogP contribution >= 0.6 is 0 Å². The Morgan fingerprint density at radius 1 is 1.00 bits per heavy atom. The number of allylic oxidation sites excluding steroid dienone is 5. The summed E-state index contributed by atoms with van der Waals surface area (Å²) >= 11 is 0. The molecule has 0 heterocycles. The lowest BCUT2D eigenvalue weighted by Crippen LogP contribution is -2.06. The highest BCUT2D eigenvalue weighted by Gasteiger charge is 2.24. The number of benzene rings is 2. The zero-order chi connectivity index (χ0) is 21.4. The molecular formula is C24H26O4S. The largest absolute Gasteiger partial charge is 0.497 e. The van der Waals surface area contributed by atoms with Crippen molar-refractivity contribution in [3.05, 3.63) is 102 Å². The number of hydrogen-bond acceptors (Lipinski definition) is 4. The van der Waals surface area contributed by atoms with Crippen LogP contribution < -0.4 is 4.74 Å². The van der Waals surface area contributed by atoms with E-state index in [0.29, 0.717) is 22.6 Å². The smallest absolute Gasteiger partial charge is 0.207 e. The predicted octanol–water partition coefficient (Wildman–Crippen LogP) is 5.48. The molecule has 0 spiro atoms. The van der Waals surface area contributed by atoms with Crippen LogP contribution in [0, 0.1) is 6.92 Å². The monoisotopic (exact) mass is 410 g/mol. The quantitative estimate of drug-likeness (QED) is 0.427. The van der Waals surface area contributed by atoms with E-state index in [2.05, 4.69) is 6.58 Å². The Bertz CT molecular complexity index is 1060. The molecule has 0 aliphatic heterocycles. The minimum Gasteiger partial charge on any atom is -0.497 e. The van der Waals surface area contributed by atoms with Crippen LogP contribution in [0.1, 0.15) is 18.1 Å². The zero-order valence-electron chi connectivity index (χ0n) is 17.2. The van der Waals surface area contributed by atoms with Gasteiger partial charge in [0.1, 0.15) is 11.5 Å². The molecule has 0 fully saturated rings. The predicted molar refractivity (Wildman–Crippen MR) is 118 cm³/mol. The van der Waals surface area contributed by atoms with E-state index in [1.807, 2.05) is 13.8 Å². The molecule has 0 amide bonds. The van der Waals surface area contributed by atoms with Gasteiger partial charge in [0, 0.05) is 5.56 Å². The van der Waals surface area contributed by atoms with E-state index in [1.54, 1.807) is 87.1 Å². The summed E-state index contributed by atoms with van der Waals surface area (Å²) in [5, 5.41) is 0. The normalized spacial score (nSPS) is 12.8. The van der Waals surface area contributed by atoms with Crippen molar-refractivity contribution in [2.75, 3.05) is 14.2 Å². The molecule has 29 heavy (non-hydrogen) atoms. The first-order chi connectivity index (χ1) is 13.8. The fraction of sp³-hybridized carbons (Fsp3) is 0.167. The molecule has 2 aromatic rings. The first kappa shape index (κ1) is 22.2. The summed E-state index contributed by atoms with van der Waals surface area (Å²) < 4.78 is 37.5. The first-order valence-electron chi connectivity index (χ1n) is 9.08. The molecule has 2 aromatic carbocycles. The summed E-state index contributed by atoms with van der Waals surface area (Å²) in [6.45, 7) is 7.69.